The molecule has 0 spiro atoms. The minimum atomic E-state index is -0.521. The molecule has 0 amide bonds. The quantitative estimate of drug-likeness (QED) is 0.878. The van der Waals surface area contributed by atoms with Crippen LogP contribution in [0.2, 0.25) is 0 Å². The molecule has 3 heteroatoms. The molecule has 2 aromatic carbocycles. The molecule has 1 atom stereocenters. The van der Waals surface area contributed by atoms with Gasteiger partial charge < -0.3 is 9.84 Å². The van der Waals surface area contributed by atoms with Crippen molar-refractivity contribution in [2.75, 3.05) is 13.2 Å². The topological polar surface area (TPSA) is 29.5 Å². The molecule has 0 heterocycles. The van der Waals surface area contributed by atoms with Crippen LogP contribution < -0.4 is 4.74 Å². The highest BCUT2D eigenvalue weighted by Crippen LogP contribution is 2.29. The normalized spacial score (nSPS) is 13.7. The molecule has 0 aliphatic heterocycles. The average Bonchev–Trinajstić information content (AvgIpc) is 2.48. The summed E-state index contributed by atoms with van der Waals surface area (Å²) in [5, 5.41) is 9.81. The third-order valence-corrected chi connectivity index (χ3v) is 3.67. The highest BCUT2D eigenvalue weighted by atomic mass is 19.1. The van der Waals surface area contributed by atoms with Crippen LogP contribution in [0.5, 0.6) is 5.75 Å². The largest absolute Gasteiger partial charge is 0.494 e. The van der Waals surface area contributed by atoms with Crippen molar-refractivity contribution in [2.24, 2.45) is 0 Å². The second kappa shape index (κ2) is 6.72. The molecule has 2 nitrogen and oxygen atoms in total. The maximum atomic E-state index is 13.4. The van der Waals surface area contributed by atoms with Crippen molar-refractivity contribution in [2.45, 2.75) is 25.7 Å². The first kappa shape index (κ1) is 15.5. The van der Waals surface area contributed by atoms with Gasteiger partial charge in [0.2, 0.25) is 0 Å². The monoisotopic (exact) mass is 288 g/mol. The number of aliphatic hydroxyl groups is 1. The van der Waals surface area contributed by atoms with Gasteiger partial charge in [0.15, 0.2) is 0 Å². The fourth-order valence-electron chi connectivity index (χ4n) is 2.48. The third-order valence-electron chi connectivity index (χ3n) is 3.67. The van der Waals surface area contributed by atoms with Crippen LogP contribution in [0.1, 0.15) is 25.0 Å². The van der Waals surface area contributed by atoms with E-state index in [0.717, 1.165) is 16.9 Å². The molecule has 2 aromatic rings. The summed E-state index contributed by atoms with van der Waals surface area (Å²) in [6.07, 6.45) is 0.619. The Hall–Kier alpha value is -1.87. The second-order valence-corrected chi connectivity index (χ2v) is 5.49. The Labute approximate surface area is 125 Å². The van der Waals surface area contributed by atoms with E-state index >= 15 is 0 Å². The fraction of sp³-hybridized carbons (Fsp3) is 0.333. The summed E-state index contributed by atoms with van der Waals surface area (Å²) in [6, 6.07) is 14.2. The van der Waals surface area contributed by atoms with Crippen molar-refractivity contribution in [3.05, 3.63) is 65.5 Å². The van der Waals surface area contributed by atoms with E-state index in [-0.39, 0.29) is 12.4 Å². The molecule has 2 rings (SSSR count). The molecule has 0 aliphatic rings. The van der Waals surface area contributed by atoms with Crippen molar-refractivity contribution in [3.63, 3.8) is 0 Å². The lowest BCUT2D eigenvalue weighted by Gasteiger charge is -2.28. The van der Waals surface area contributed by atoms with Crippen LogP contribution in [0.25, 0.3) is 0 Å². The van der Waals surface area contributed by atoms with Gasteiger partial charge in [0.05, 0.1) is 13.2 Å². The molecule has 1 N–H and O–H groups in total. The predicted octanol–water partition coefficient (Wildman–Crippen LogP) is 3.72. The van der Waals surface area contributed by atoms with Crippen LogP contribution in [0.3, 0.4) is 0 Å². The minimum absolute atomic E-state index is 0.0463. The lowest BCUT2D eigenvalue weighted by molar-refractivity contribution is 0.204. The Morgan fingerprint density at radius 3 is 2.57 bits per heavy atom. The van der Waals surface area contributed by atoms with Crippen LogP contribution >= 0.6 is 0 Å². The Kier molecular flexibility index (Phi) is 4.97. The molecule has 0 radical (unpaired) electrons. The number of aliphatic hydroxyl groups excluding tert-OH is 1. The minimum Gasteiger partial charge on any atom is -0.494 e. The molecule has 0 saturated heterocycles. The predicted molar refractivity (Wildman–Crippen MR) is 82.2 cm³/mol. The highest BCUT2D eigenvalue weighted by molar-refractivity contribution is 5.33. The summed E-state index contributed by atoms with van der Waals surface area (Å²) >= 11 is 0. The standard InChI is InChI=1S/C18H21FO2/c1-3-21-17-9-4-6-14(10-17)12-18(2,13-20)15-7-5-8-16(19)11-15/h4-11,20H,3,12-13H2,1-2H3. The van der Waals surface area contributed by atoms with Gasteiger partial charge in [0.1, 0.15) is 11.6 Å². The lowest BCUT2D eigenvalue weighted by Crippen LogP contribution is -2.29. The van der Waals surface area contributed by atoms with Crippen LogP contribution in [0.4, 0.5) is 4.39 Å². The number of hydrogen-bond donors (Lipinski definition) is 1. The Bertz CT molecular complexity index is 597. The Morgan fingerprint density at radius 1 is 1.14 bits per heavy atom. The SMILES string of the molecule is CCOc1cccc(CC(C)(CO)c2cccc(F)c2)c1. The average molecular weight is 288 g/mol. The zero-order valence-corrected chi connectivity index (χ0v) is 12.5. The third kappa shape index (κ3) is 3.82. The summed E-state index contributed by atoms with van der Waals surface area (Å²) < 4.78 is 18.9. The van der Waals surface area contributed by atoms with Crippen molar-refractivity contribution >= 4 is 0 Å². The zero-order valence-electron chi connectivity index (χ0n) is 12.5. The molecule has 112 valence electrons. The van der Waals surface area contributed by atoms with Gasteiger partial charge in [-0.25, -0.2) is 4.39 Å². The molecular formula is C18H21FO2. The summed E-state index contributed by atoms with van der Waals surface area (Å²) in [6.45, 7) is 4.45. The van der Waals surface area contributed by atoms with E-state index in [1.165, 1.54) is 12.1 Å². The van der Waals surface area contributed by atoms with Gasteiger partial charge in [-0.15, -0.1) is 0 Å². The molecule has 0 bridgehead atoms. The van der Waals surface area contributed by atoms with Crippen molar-refractivity contribution in [1.29, 1.82) is 0 Å². The van der Waals surface area contributed by atoms with E-state index in [1.54, 1.807) is 6.07 Å². The molecule has 0 fully saturated rings. The highest BCUT2D eigenvalue weighted by Gasteiger charge is 2.26. The molecule has 1 unspecified atom stereocenters. The van der Waals surface area contributed by atoms with E-state index in [0.29, 0.717) is 13.0 Å². The van der Waals surface area contributed by atoms with Crippen LogP contribution in [0.15, 0.2) is 48.5 Å². The van der Waals surface area contributed by atoms with Crippen molar-refractivity contribution in [1.82, 2.24) is 0 Å². The molecule has 0 aromatic heterocycles. The van der Waals surface area contributed by atoms with Gasteiger partial charge in [-0.3, -0.25) is 0 Å². The lowest BCUT2D eigenvalue weighted by atomic mass is 9.78. The van der Waals surface area contributed by atoms with Gasteiger partial charge in [-0.1, -0.05) is 31.2 Å². The summed E-state index contributed by atoms with van der Waals surface area (Å²) in [5.41, 5.74) is 1.33. The van der Waals surface area contributed by atoms with E-state index in [4.69, 9.17) is 4.74 Å². The van der Waals surface area contributed by atoms with E-state index in [9.17, 15) is 9.50 Å². The van der Waals surface area contributed by atoms with Crippen LogP contribution in [-0.4, -0.2) is 18.3 Å². The molecule has 0 aliphatic carbocycles. The molecule has 0 saturated carbocycles. The maximum absolute atomic E-state index is 13.4. The number of halogens is 1. The van der Waals surface area contributed by atoms with Gasteiger partial charge in [0.25, 0.3) is 0 Å². The van der Waals surface area contributed by atoms with Gasteiger partial charge in [0, 0.05) is 5.41 Å². The Balaban J connectivity index is 2.27. The molecule has 21 heavy (non-hydrogen) atoms. The first-order chi connectivity index (χ1) is 10.1. The Morgan fingerprint density at radius 2 is 1.90 bits per heavy atom. The summed E-state index contributed by atoms with van der Waals surface area (Å²) in [4.78, 5) is 0. The van der Waals surface area contributed by atoms with Crippen molar-refractivity contribution < 1.29 is 14.2 Å². The van der Waals surface area contributed by atoms with Gasteiger partial charge in [-0.2, -0.15) is 0 Å². The smallest absolute Gasteiger partial charge is 0.123 e. The van der Waals surface area contributed by atoms with E-state index < -0.39 is 5.41 Å². The number of hydrogen-bond acceptors (Lipinski definition) is 2. The van der Waals surface area contributed by atoms with Gasteiger partial charge >= 0.3 is 0 Å². The maximum Gasteiger partial charge on any atom is 0.123 e. The van der Waals surface area contributed by atoms with E-state index in [1.807, 2.05) is 44.2 Å². The summed E-state index contributed by atoms with van der Waals surface area (Å²) in [7, 11) is 0. The summed E-state index contributed by atoms with van der Waals surface area (Å²) in [5.74, 6) is 0.532. The van der Waals surface area contributed by atoms with Crippen LogP contribution in [-0.2, 0) is 11.8 Å². The fourth-order valence-corrected chi connectivity index (χ4v) is 2.48. The number of ether oxygens (including phenoxy) is 1. The van der Waals surface area contributed by atoms with Gasteiger partial charge in [-0.05, 0) is 48.7 Å². The first-order valence-corrected chi connectivity index (χ1v) is 7.16. The zero-order chi connectivity index (χ0) is 15.3. The molecular weight excluding hydrogens is 267 g/mol. The number of rotatable bonds is 6. The van der Waals surface area contributed by atoms with E-state index in [2.05, 4.69) is 0 Å². The second-order valence-electron chi connectivity index (χ2n) is 5.49. The van der Waals surface area contributed by atoms with Crippen LogP contribution in [0, 0.1) is 5.82 Å². The van der Waals surface area contributed by atoms with Crippen molar-refractivity contribution in [3.8, 4) is 5.75 Å². The first-order valence-electron chi connectivity index (χ1n) is 7.16. The number of benzene rings is 2.